The van der Waals surface area contributed by atoms with Gasteiger partial charge < -0.3 is 19.3 Å². The van der Waals surface area contributed by atoms with E-state index in [9.17, 15) is 10.2 Å². The average molecular weight is 456 g/mol. The first-order chi connectivity index (χ1) is 15.6. The molecule has 2 heterocycles. The van der Waals surface area contributed by atoms with E-state index in [1.807, 2.05) is 6.07 Å². The molecule has 4 rings (SSSR count). The molecule has 0 amide bonds. The van der Waals surface area contributed by atoms with E-state index in [-0.39, 0.29) is 6.61 Å². The molecule has 0 saturated carbocycles. The average Bonchev–Trinajstić information content (AvgIpc) is 2.84. The van der Waals surface area contributed by atoms with Crippen molar-refractivity contribution in [3.63, 3.8) is 0 Å². The van der Waals surface area contributed by atoms with Crippen molar-refractivity contribution in [2.24, 2.45) is 5.92 Å². The monoisotopic (exact) mass is 455 g/mol. The van der Waals surface area contributed by atoms with Crippen LogP contribution in [0.4, 0.5) is 5.69 Å². The predicted octanol–water partition coefficient (Wildman–Crippen LogP) is 5.83. The highest BCUT2D eigenvalue weighted by atomic mass is 32.2. The van der Waals surface area contributed by atoms with Gasteiger partial charge in [0.15, 0.2) is 0 Å². The maximum absolute atomic E-state index is 10.9. The number of aliphatic hydroxyl groups excluding tert-OH is 2. The molecular weight excluding hydrogens is 418 g/mol. The van der Waals surface area contributed by atoms with Crippen molar-refractivity contribution in [3.05, 3.63) is 58.7 Å². The minimum absolute atomic E-state index is 0.0533. The van der Waals surface area contributed by atoms with Crippen molar-refractivity contribution in [1.82, 2.24) is 0 Å². The molecule has 0 spiro atoms. The molecule has 32 heavy (non-hydrogen) atoms. The van der Waals surface area contributed by atoms with Crippen LogP contribution in [0.1, 0.15) is 74.3 Å². The summed E-state index contributed by atoms with van der Waals surface area (Å²) in [7, 11) is 0. The molecule has 2 unspecified atom stereocenters. The smallest absolute Gasteiger partial charge is 0.0796 e. The number of aryl methyl sites for hydroxylation is 2. The van der Waals surface area contributed by atoms with Gasteiger partial charge in [-0.3, -0.25) is 0 Å². The minimum Gasteiger partial charge on any atom is -0.392 e. The fourth-order valence-electron chi connectivity index (χ4n) is 5.04. The van der Waals surface area contributed by atoms with Crippen LogP contribution in [0.25, 0.3) is 0 Å². The van der Waals surface area contributed by atoms with E-state index in [4.69, 9.17) is 4.74 Å². The first-order valence-corrected chi connectivity index (χ1v) is 13.0. The molecule has 0 bridgehead atoms. The van der Waals surface area contributed by atoms with Crippen molar-refractivity contribution in [2.75, 3.05) is 17.5 Å². The third-order valence-electron chi connectivity index (χ3n) is 7.08. The van der Waals surface area contributed by atoms with Gasteiger partial charge in [0.1, 0.15) is 0 Å². The van der Waals surface area contributed by atoms with Crippen LogP contribution < -0.4 is 4.31 Å². The van der Waals surface area contributed by atoms with E-state index in [1.165, 1.54) is 23.2 Å². The number of nitrogens with zero attached hydrogens (tertiary/aromatic N) is 1. The molecule has 1 fully saturated rings. The largest absolute Gasteiger partial charge is 0.392 e. The zero-order valence-corrected chi connectivity index (χ0v) is 20.2. The van der Waals surface area contributed by atoms with Gasteiger partial charge in [-0.05, 0) is 103 Å². The molecule has 0 aliphatic carbocycles. The van der Waals surface area contributed by atoms with Gasteiger partial charge in [-0.1, -0.05) is 32.0 Å². The maximum Gasteiger partial charge on any atom is 0.0796 e. The van der Waals surface area contributed by atoms with Crippen molar-refractivity contribution >= 4 is 17.6 Å². The Hall–Kier alpha value is -1.53. The van der Waals surface area contributed by atoms with Crippen molar-refractivity contribution in [1.29, 1.82) is 0 Å². The Kier molecular flexibility index (Phi) is 8.17. The van der Waals surface area contributed by atoms with Crippen LogP contribution in [0, 0.1) is 5.92 Å². The van der Waals surface area contributed by atoms with Gasteiger partial charge in [0.25, 0.3) is 0 Å². The van der Waals surface area contributed by atoms with Gasteiger partial charge in [-0.15, -0.1) is 0 Å². The normalized spacial score (nSPS) is 20.2. The van der Waals surface area contributed by atoms with Gasteiger partial charge in [-0.2, -0.15) is 0 Å². The van der Waals surface area contributed by atoms with Crippen LogP contribution in [-0.2, 0) is 24.2 Å². The van der Waals surface area contributed by atoms with Crippen molar-refractivity contribution < 1.29 is 14.9 Å². The molecule has 2 aliphatic heterocycles. The number of aliphatic hydroxyl groups is 2. The molecule has 0 radical (unpaired) electrons. The second-order valence-corrected chi connectivity index (χ2v) is 10.2. The molecular formula is C27H37NO3S. The summed E-state index contributed by atoms with van der Waals surface area (Å²) < 4.78 is 7.91. The highest BCUT2D eigenvalue weighted by Crippen LogP contribution is 2.41. The van der Waals surface area contributed by atoms with Crippen molar-refractivity contribution in [3.8, 4) is 0 Å². The molecule has 0 aromatic heterocycles. The number of rotatable bonds is 8. The highest BCUT2D eigenvalue weighted by molar-refractivity contribution is 8.00. The maximum atomic E-state index is 10.9. The zero-order valence-electron chi connectivity index (χ0n) is 19.4. The summed E-state index contributed by atoms with van der Waals surface area (Å²) in [6.07, 6.45) is 6.69. The Morgan fingerprint density at radius 2 is 1.91 bits per heavy atom. The molecule has 2 aliphatic rings. The highest BCUT2D eigenvalue weighted by Gasteiger charge is 2.27. The van der Waals surface area contributed by atoms with Crippen LogP contribution in [0.5, 0.6) is 0 Å². The summed E-state index contributed by atoms with van der Waals surface area (Å²) in [6.45, 7) is 5.99. The molecule has 5 heteroatoms. The number of ether oxygens (including phenoxy) is 1. The first-order valence-electron chi connectivity index (χ1n) is 12.2. The van der Waals surface area contributed by atoms with Gasteiger partial charge in [0.2, 0.25) is 0 Å². The van der Waals surface area contributed by atoms with E-state index in [2.05, 4.69) is 48.5 Å². The number of benzene rings is 2. The summed E-state index contributed by atoms with van der Waals surface area (Å²) in [5.74, 6) is 0.488. The Bertz CT molecular complexity index is 896. The lowest BCUT2D eigenvalue weighted by Crippen LogP contribution is -2.33. The standard InChI is InChI=1S/C27H37NO3S/c1-3-19-5-10-26-21(15-19)6-7-23(4-2)28(26)32-24-8-9-25(22(17-24)18-29)27(30)16-20-11-13-31-14-12-20/h5,8-10,15,17,20,23,27,29-30H,3-4,6-7,11-14,16,18H2,1-2H3. The van der Waals surface area contributed by atoms with E-state index < -0.39 is 6.10 Å². The van der Waals surface area contributed by atoms with E-state index in [0.29, 0.717) is 12.0 Å². The lowest BCUT2D eigenvalue weighted by Gasteiger charge is -2.37. The Labute approximate surface area is 197 Å². The van der Waals surface area contributed by atoms with E-state index >= 15 is 0 Å². The van der Waals surface area contributed by atoms with Crippen LogP contribution >= 0.6 is 11.9 Å². The fraction of sp³-hybridized carbons (Fsp3) is 0.556. The predicted molar refractivity (Wildman–Crippen MR) is 132 cm³/mol. The molecule has 1 saturated heterocycles. The molecule has 2 N–H and O–H groups in total. The van der Waals surface area contributed by atoms with Gasteiger partial charge in [-0.25, -0.2) is 0 Å². The molecule has 4 nitrogen and oxygen atoms in total. The number of hydrogen-bond donors (Lipinski definition) is 2. The number of hydrogen-bond acceptors (Lipinski definition) is 5. The topological polar surface area (TPSA) is 52.9 Å². The Morgan fingerprint density at radius 3 is 2.62 bits per heavy atom. The lowest BCUT2D eigenvalue weighted by atomic mass is 9.89. The third kappa shape index (κ3) is 5.33. The Morgan fingerprint density at radius 1 is 1.09 bits per heavy atom. The summed E-state index contributed by atoms with van der Waals surface area (Å²) in [6, 6.07) is 13.6. The minimum atomic E-state index is -0.536. The van der Waals surface area contributed by atoms with Crippen molar-refractivity contribution in [2.45, 2.75) is 82.4 Å². The summed E-state index contributed by atoms with van der Waals surface area (Å²) >= 11 is 1.76. The van der Waals surface area contributed by atoms with Crippen LogP contribution in [0.15, 0.2) is 41.3 Å². The number of fused-ring (bicyclic) bond motifs is 1. The second-order valence-electron chi connectivity index (χ2n) is 9.16. The molecule has 2 atom stereocenters. The lowest BCUT2D eigenvalue weighted by molar-refractivity contribution is 0.0431. The SMILES string of the molecule is CCc1ccc2c(c1)CCC(CC)N2Sc1ccc(C(O)CC2CCOCC2)c(CO)c1. The molecule has 174 valence electrons. The number of anilines is 1. The van der Waals surface area contributed by atoms with E-state index in [1.54, 1.807) is 11.9 Å². The summed E-state index contributed by atoms with van der Waals surface area (Å²) in [4.78, 5) is 1.11. The van der Waals surface area contributed by atoms with Crippen LogP contribution in [-0.4, -0.2) is 29.5 Å². The molecule has 2 aromatic carbocycles. The third-order valence-corrected chi connectivity index (χ3v) is 8.24. The summed E-state index contributed by atoms with van der Waals surface area (Å²) in [5, 5.41) is 21.0. The van der Waals surface area contributed by atoms with Gasteiger partial charge >= 0.3 is 0 Å². The second kappa shape index (κ2) is 11.1. The van der Waals surface area contributed by atoms with Crippen LogP contribution in [0.2, 0.25) is 0 Å². The van der Waals surface area contributed by atoms with Gasteiger partial charge in [0.05, 0.1) is 18.4 Å². The van der Waals surface area contributed by atoms with Crippen LogP contribution in [0.3, 0.4) is 0 Å². The van der Waals surface area contributed by atoms with E-state index in [0.717, 1.165) is 67.8 Å². The fourth-order valence-corrected chi connectivity index (χ4v) is 6.27. The quantitative estimate of drug-likeness (QED) is 0.491. The molecule has 2 aromatic rings. The Balaban J connectivity index is 1.53. The zero-order chi connectivity index (χ0) is 22.5. The van der Waals surface area contributed by atoms with Gasteiger partial charge in [0, 0.05) is 24.2 Å². The first kappa shape index (κ1) is 23.6. The summed E-state index contributed by atoms with van der Waals surface area (Å²) in [5.41, 5.74) is 5.85.